The maximum absolute atomic E-state index is 12.3. The van der Waals surface area contributed by atoms with Gasteiger partial charge in [-0.25, -0.2) is 0 Å². The number of halogens is 1. The van der Waals surface area contributed by atoms with Gasteiger partial charge in [0.15, 0.2) is 0 Å². The number of benzene rings is 1. The first kappa shape index (κ1) is 14.2. The van der Waals surface area contributed by atoms with E-state index in [1.54, 1.807) is 30.1 Å². The number of hydrogen-bond acceptors (Lipinski definition) is 4. The third-order valence-corrected chi connectivity index (χ3v) is 5.03. The summed E-state index contributed by atoms with van der Waals surface area (Å²) in [6, 6.07) is 4.86. The largest absolute Gasteiger partial charge is 0.397 e. The van der Waals surface area contributed by atoms with Crippen molar-refractivity contribution in [1.29, 1.82) is 0 Å². The van der Waals surface area contributed by atoms with Gasteiger partial charge in [-0.05, 0) is 24.6 Å². The molecule has 110 valence electrons. The molecule has 0 spiro atoms. The third kappa shape index (κ3) is 2.45. The quantitative estimate of drug-likeness (QED) is 0.888. The summed E-state index contributed by atoms with van der Waals surface area (Å²) in [4.78, 5) is 26.2. The highest BCUT2D eigenvalue weighted by Gasteiger charge is 2.31. The van der Waals surface area contributed by atoms with Crippen LogP contribution in [0.3, 0.4) is 0 Å². The van der Waals surface area contributed by atoms with Crippen LogP contribution in [0.2, 0.25) is 5.02 Å². The molecule has 1 fully saturated rings. The minimum absolute atomic E-state index is 0.0638. The summed E-state index contributed by atoms with van der Waals surface area (Å²) < 4.78 is 0.861. The molecule has 7 heteroatoms. The van der Waals surface area contributed by atoms with E-state index in [2.05, 4.69) is 5.32 Å². The molecule has 21 heavy (non-hydrogen) atoms. The molecule has 0 aliphatic carbocycles. The Morgan fingerprint density at radius 1 is 1.52 bits per heavy atom. The fourth-order valence-corrected chi connectivity index (χ4v) is 3.74. The Bertz CT molecular complexity index is 743. The second-order valence-corrected chi connectivity index (χ2v) is 6.55. The van der Waals surface area contributed by atoms with E-state index in [1.807, 2.05) is 0 Å². The van der Waals surface area contributed by atoms with Gasteiger partial charge < -0.3 is 16.0 Å². The van der Waals surface area contributed by atoms with Gasteiger partial charge in [0.25, 0.3) is 5.91 Å². The van der Waals surface area contributed by atoms with Gasteiger partial charge in [-0.2, -0.15) is 0 Å². The van der Waals surface area contributed by atoms with E-state index in [-0.39, 0.29) is 11.8 Å². The predicted molar refractivity (Wildman–Crippen MR) is 84.8 cm³/mol. The summed E-state index contributed by atoms with van der Waals surface area (Å²) in [5.41, 5.74) is 6.47. The van der Waals surface area contributed by atoms with Gasteiger partial charge in [-0.15, -0.1) is 11.3 Å². The van der Waals surface area contributed by atoms with E-state index in [4.69, 9.17) is 17.3 Å². The van der Waals surface area contributed by atoms with Gasteiger partial charge in [-0.3, -0.25) is 9.59 Å². The molecule has 5 nitrogen and oxygen atoms in total. The van der Waals surface area contributed by atoms with Crippen LogP contribution in [-0.4, -0.2) is 36.3 Å². The van der Waals surface area contributed by atoms with E-state index in [0.717, 1.165) is 10.1 Å². The Kier molecular flexibility index (Phi) is 3.51. The number of thiophene rings is 1. The summed E-state index contributed by atoms with van der Waals surface area (Å²) in [5.74, 6) is -0.371. The number of carbonyl (C=O) groups is 2. The molecule has 3 rings (SSSR count). The monoisotopic (exact) mass is 323 g/mol. The predicted octanol–water partition coefficient (Wildman–Crippen LogP) is 2.10. The molecule has 0 saturated carbocycles. The molecular formula is C14H14ClN3O2S. The molecular weight excluding hydrogens is 310 g/mol. The number of fused-ring (bicyclic) bond motifs is 1. The van der Waals surface area contributed by atoms with Gasteiger partial charge in [0.2, 0.25) is 5.91 Å². The highest BCUT2D eigenvalue weighted by atomic mass is 35.5. The topological polar surface area (TPSA) is 75.4 Å². The SMILES string of the molecule is CN1CCC(NC(=O)c2sc3cc(Cl)ccc3c2N)C1=O. The van der Waals surface area contributed by atoms with Crippen molar-refractivity contribution in [2.24, 2.45) is 0 Å². The van der Waals surface area contributed by atoms with Crippen LogP contribution in [-0.2, 0) is 4.79 Å². The lowest BCUT2D eigenvalue weighted by molar-refractivity contribution is -0.128. The zero-order chi connectivity index (χ0) is 15.1. The Balaban J connectivity index is 1.88. The summed E-state index contributed by atoms with van der Waals surface area (Å²) in [7, 11) is 1.73. The minimum atomic E-state index is -0.462. The third-order valence-electron chi connectivity index (χ3n) is 3.63. The van der Waals surface area contributed by atoms with Crippen LogP contribution in [0.5, 0.6) is 0 Å². The van der Waals surface area contributed by atoms with Crippen molar-refractivity contribution in [3.63, 3.8) is 0 Å². The number of likely N-dealkylation sites (N-methyl/N-ethyl adjacent to an activating group) is 1. The van der Waals surface area contributed by atoms with Gasteiger partial charge in [0.1, 0.15) is 10.9 Å². The van der Waals surface area contributed by atoms with Gasteiger partial charge in [0, 0.05) is 28.7 Å². The minimum Gasteiger partial charge on any atom is -0.397 e. The molecule has 0 radical (unpaired) electrons. The first-order valence-electron chi connectivity index (χ1n) is 6.50. The number of rotatable bonds is 2. The molecule has 1 saturated heterocycles. The number of likely N-dealkylation sites (tertiary alicyclic amines) is 1. The number of nitrogens with zero attached hydrogens (tertiary/aromatic N) is 1. The number of anilines is 1. The standard InChI is InChI=1S/C14H14ClN3O2S/c1-18-5-4-9(14(18)20)17-13(19)12-11(16)8-3-2-7(15)6-10(8)21-12/h2-3,6,9H,4-5,16H2,1H3,(H,17,19). The maximum Gasteiger partial charge on any atom is 0.264 e. The second-order valence-electron chi connectivity index (χ2n) is 5.06. The van der Waals surface area contributed by atoms with Crippen LogP contribution in [0.4, 0.5) is 5.69 Å². The maximum atomic E-state index is 12.3. The average molecular weight is 324 g/mol. The lowest BCUT2D eigenvalue weighted by Gasteiger charge is -2.11. The Labute approximate surface area is 130 Å². The fraction of sp³-hybridized carbons (Fsp3) is 0.286. The molecule has 1 unspecified atom stereocenters. The normalized spacial score (nSPS) is 18.5. The van der Waals surface area contributed by atoms with E-state index in [0.29, 0.717) is 28.6 Å². The number of nitrogens with two attached hydrogens (primary N) is 1. The number of hydrogen-bond donors (Lipinski definition) is 2. The lowest BCUT2D eigenvalue weighted by atomic mass is 10.2. The van der Waals surface area contributed by atoms with Crippen molar-refractivity contribution >= 4 is 50.5 Å². The van der Waals surface area contributed by atoms with Crippen LogP contribution in [0.1, 0.15) is 16.1 Å². The summed E-state index contributed by atoms with van der Waals surface area (Å²) in [6.07, 6.45) is 0.623. The molecule has 1 aliphatic heterocycles. The van der Waals surface area contributed by atoms with Crippen LogP contribution < -0.4 is 11.1 Å². The van der Waals surface area contributed by atoms with Crippen molar-refractivity contribution in [2.75, 3.05) is 19.3 Å². The molecule has 2 amide bonds. The molecule has 1 aliphatic rings. The van der Waals surface area contributed by atoms with Crippen LogP contribution >= 0.6 is 22.9 Å². The van der Waals surface area contributed by atoms with Crippen molar-refractivity contribution in [1.82, 2.24) is 10.2 Å². The van der Waals surface area contributed by atoms with Crippen molar-refractivity contribution < 1.29 is 9.59 Å². The summed E-state index contributed by atoms with van der Waals surface area (Å²) in [6.45, 7) is 0.654. The molecule has 1 atom stereocenters. The average Bonchev–Trinajstić information content (AvgIpc) is 2.93. The fourth-order valence-electron chi connectivity index (χ4n) is 2.44. The number of carbonyl (C=O) groups excluding carboxylic acids is 2. The Morgan fingerprint density at radius 3 is 2.95 bits per heavy atom. The summed E-state index contributed by atoms with van der Waals surface area (Å²) >= 11 is 7.23. The van der Waals surface area contributed by atoms with Gasteiger partial charge in [0.05, 0.1) is 5.69 Å². The van der Waals surface area contributed by atoms with Crippen molar-refractivity contribution in [3.8, 4) is 0 Å². The first-order valence-corrected chi connectivity index (χ1v) is 7.70. The first-order chi connectivity index (χ1) is 9.97. The zero-order valence-corrected chi connectivity index (χ0v) is 12.9. The number of nitrogens with one attached hydrogen (secondary N) is 1. The van der Waals surface area contributed by atoms with E-state index < -0.39 is 6.04 Å². The van der Waals surface area contributed by atoms with E-state index >= 15 is 0 Å². The Hall–Kier alpha value is -1.79. The number of nitrogen functional groups attached to an aromatic ring is 1. The smallest absolute Gasteiger partial charge is 0.264 e. The molecule has 3 N–H and O–H groups in total. The van der Waals surface area contributed by atoms with Crippen molar-refractivity contribution in [2.45, 2.75) is 12.5 Å². The molecule has 1 aromatic carbocycles. The summed E-state index contributed by atoms with van der Waals surface area (Å²) in [5, 5.41) is 4.17. The molecule has 0 bridgehead atoms. The van der Waals surface area contributed by atoms with Gasteiger partial charge >= 0.3 is 0 Å². The molecule has 1 aromatic heterocycles. The molecule has 2 heterocycles. The van der Waals surface area contributed by atoms with Crippen molar-refractivity contribution in [3.05, 3.63) is 28.1 Å². The molecule has 2 aromatic rings. The van der Waals surface area contributed by atoms with Crippen LogP contribution in [0, 0.1) is 0 Å². The highest BCUT2D eigenvalue weighted by Crippen LogP contribution is 2.35. The second kappa shape index (κ2) is 5.20. The zero-order valence-electron chi connectivity index (χ0n) is 11.4. The Morgan fingerprint density at radius 2 is 2.29 bits per heavy atom. The van der Waals surface area contributed by atoms with E-state index in [9.17, 15) is 9.59 Å². The van der Waals surface area contributed by atoms with Crippen LogP contribution in [0.15, 0.2) is 18.2 Å². The van der Waals surface area contributed by atoms with Gasteiger partial charge in [-0.1, -0.05) is 11.6 Å². The lowest BCUT2D eigenvalue weighted by Crippen LogP contribution is -2.40. The van der Waals surface area contributed by atoms with Crippen LogP contribution in [0.25, 0.3) is 10.1 Å². The van der Waals surface area contributed by atoms with E-state index in [1.165, 1.54) is 11.3 Å². The highest BCUT2D eigenvalue weighted by molar-refractivity contribution is 7.21. The number of amides is 2.